The Morgan fingerprint density at radius 1 is 0.129 bits per heavy atom. The van der Waals surface area contributed by atoms with E-state index in [0.29, 0.717) is 11.8 Å². The first-order valence-electron chi connectivity index (χ1n) is 49.6. The van der Waals surface area contributed by atoms with Crippen molar-refractivity contribution in [3.05, 3.63) is 140 Å². The van der Waals surface area contributed by atoms with Crippen molar-refractivity contribution >= 4 is 53.5 Å². The highest BCUT2D eigenvalue weighted by molar-refractivity contribution is 5.44. The molecule has 5 saturated heterocycles. The molecule has 0 aliphatic carbocycles. The SMILES string of the molecule is CC(C)c1nc(C(C)C)nc(N2CCNCC2)n1.Cc1nc(C)nc(C)n1.Cc1nc(C)nc(C)n1.Cc1nc(C)nc(N2CCN(c3nc(C(C)C)nc(C(C)C)n3)CC2)n1.Cc1nc(C)nc(N2CCN(c3nc(C(C)C)nc(C(C)C)n3)CC2)n1.Cc1nc(C)nc(N2CCN(c3nc(C(C)C)nc(C(C)C)n3)CC2)n1.Cc1nc(C)nc(N2CCN(c3nc(C(C)C)nc(C(C)C)n3)CC2)n1. The Labute approximate surface area is 828 Å². The highest BCUT2D eigenvalue weighted by Crippen LogP contribution is 2.28. The predicted octanol–water partition coefficient (Wildman–Crippen LogP) is 12.1. The Balaban J connectivity index is 0.000000173. The lowest BCUT2D eigenvalue weighted by Crippen LogP contribution is -2.48. The summed E-state index contributed by atoms with van der Waals surface area (Å²) in [6.07, 6.45) is 0. The molecule has 0 amide bonds. The lowest BCUT2D eigenvalue weighted by molar-refractivity contribution is 0.571. The molecule has 5 aliphatic rings. The number of nitrogens with zero attached hydrogens (tertiary/aromatic N) is 42. The van der Waals surface area contributed by atoms with Crippen LogP contribution < -0.4 is 49.4 Å². The maximum Gasteiger partial charge on any atom is 0.228 e. The number of aryl methyl sites for hydroxylation is 14. The van der Waals surface area contributed by atoms with Gasteiger partial charge in [0.1, 0.15) is 140 Å². The smallest absolute Gasteiger partial charge is 0.228 e. The van der Waals surface area contributed by atoms with Crippen LogP contribution >= 0.6 is 0 Å². The molecule has 0 radical (unpaired) electrons. The lowest BCUT2D eigenvalue weighted by atomic mass is 10.2. The van der Waals surface area contributed by atoms with E-state index >= 15 is 0 Å². The molecule has 140 heavy (non-hydrogen) atoms. The second-order valence-electron chi connectivity index (χ2n) is 38.8. The maximum absolute atomic E-state index is 4.71. The minimum absolute atomic E-state index is 0.284. The van der Waals surface area contributed by atoms with Crippen molar-refractivity contribution in [1.82, 2.24) is 170 Å². The molecule has 5 fully saturated rings. The first-order chi connectivity index (χ1) is 66.3. The van der Waals surface area contributed by atoms with Crippen molar-refractivity contribution in [1.29, 1.82) is 0 Å². The number of rotatable bonds is 19. The standard InChI is InChI=1S/4C18H28N8.C13H23N5.2C6H9N3/c4*1-11(2)15-22-16(12(3)4)24-18(23-15)26-9-7-25(8-10-26)17-20-13(5)19-14(6)21-17;1-9(2)11-15-12(10(3)4)17-13(16-11)18-7-5-14-6-8-18;2*1-4-7-5(2)9-6(3)8-4/h4*11-12H,7-10H2,1-6H3;9-10,14H,5-8H2,1-4H3;2*1-3H3. The van der Waals surface area contributed by atoms with E-state index in [2.05, 4.69) is 312 Å². The summed E-state index contributed by atoms with van der Waals surface area (Å²) < 4.78 is 0. The average molecular weight is 1920 g/mol. The van der Waals surface area contributed by atoms with Gasteiger partial charge in [-0.1, -0.05) is 138 Å². The molecule has 0 bridgehead atoms. The number of nitrogens with one attached hydrogen (secondary N) is 1. The van der Waals surface area contributed by atoms with E-state index < -0.39 is 0 Å². The summed E-state index contributed by atoms with van der Waals surface area (Å²) in [5, 5.41) is 3.35. The van der Waals surface area contributed by atoms with E-state index in [1.54, 1.807) is 0 Å². The third-order valence-electron chi connectivity index (χ3n) is 22.6. The maximum atomic E-state index is 4.71. The number of anilines is 9. The zero-order valence-corrected chi connectivity index (χ0v) is 89.7. The number of hydrogen-bond acceptors (Lipinski definition) is 43. The second-order valence-corrected chi connectivity index (χ2v) is 38.8. The van der Waals surface area contributed by atoms with E-state index in [-0.39, 0.29) is 47.3 Å². The van der Waals surface area contributed by atoms with Crippen molar-refractivity contribution < 1.29 is 0 Å². The summed E-state index contributed by atoms with van der Waals surface area (Å²) in [5.41, 5.74) is 0. The van der Waals surface area contributed by atoms with E-state index in [0.717, 1.165) is 324 Å². The molecule has 756 valence electrons. The van der Waals surface area contributed by atoms with Crippen LogP contribution in [0.25, 0.3) is 0 Å². The van der Waals surface area contributed by atoms with Crippen LogP contribution in [0.15, 0.2) is 0 Å². The summed E-state index contributed by atoms with van der Waals surface area (Å²) in [4.78, 5) is 167. The van der Waals surface area contributed by atoms with Crippen molar-refractivity contribution in [2.75, 3.05) is 175 Å². The molecule has 0 aromatic carbocycles. The van der Waals surface area contributed by atoms with Crippen LogP contribution in [0.2, 0.25) is 0 Å². The van der Waals surface area contributed by atoms with Crippen molar-refractivity contribution in [3.8, 4) is 0 Å². The highest BCUT2D eigenvalue weighted by atomic mass is 15.4. The van der Waals surface area contributed by atoms with Gasteiger partial charge in [-0.25, -0.2) is 74.8 Å². The van der Waals surface area contributed by atoms with Gasteiger partial charge in [-0.3, -0.25) is 0 Å². The fourth-order valence-electron chi connectivity index (χ4n) is 15.1. The zero-order valence-electron chi connectivity index (χ0n) is 89.7. The molecule has 0 spiro atoms. The largest absolute Gasteiger partial charge is 0.338 e. The van der Waals surface area contributed by atoms with Crippen molar-refractivity contribution in [2.24, 2.45) is 0 Å². The lowest BCUT2D eigenvalue weighted by Gasteiger charge is -2.35. The van der Waals surface area contributed by atoms with Gasteiger partial charge in [-0.15, -0.1) is 0 Å². The fourth-order valence-corrected chi connectivity index (χ4v) is 15.1. The summed E-state index contributed by atoms with van der Waals surface area (Å²) in [5.74, 6) is 29.5. The molecule has 5 aliphatic heterocycles. The molecule has 0 atom stereocenters. The van der Waals surface area contributed by atoms with E-state index in [4.69, 9.17) is 39.9 Å². The molecular weight excluding hydrogens is 1770 g/mol. The molecule has 1 N–H and O–H groups in total. The van der Waals surface area contributed by atoms with Crippen LogP contribution in [0, 0.1) is 96.9 Å². The van der Waals surface area contributed by atoms with Crippen LogP contribution in [0.1, 0.15) is 337 Å². The van der Waals surface area contributed by atoms with Gasteiger partial charge >= 0.3 is 0 Å². The van der Waals surface area contributed by atoms with Gasteiger partial charge in [0.2, 0.25) is 53.5 Å². The molecule has 16 rings (SSSR count). The van der Waals surface area contributed by atoms with Gasteiger partial charge in [0.05, 0.1) is 0 Å². The molecule has 0 saturated carbocycles. The van der Waals surface area contributed by atoms with Gasteiger partial charge in [-0.05, 0) is 96.9 Å². The third-order valence-corrected chi connectivity index (χ3v) is 22.6. The Morgan fingerprint density at radius 2 is 0.221 bits per heavy atom. The van der Waals surface area contributed by atoms with Gasteiger partial charge in [0.25, 0.3) is 0 Å². The monoisotopic (exact) mass is 1920 g/mol. The predicted molar refractivity (Wildman–Crippen MR) is 548 cm³/mol. The second kappa shape index (κ2) is 50.9. The number of piperazine rings is 5. The molecule has 43 nitrogen and oxygen atoms in total. The van der Waals surface area contributed by atoms with E-state index in [1.807, 2.05) is 96.9 Å². The molecule has 16 heterocycles. The summed E-state index contributed by atoms with van der Waals surface area (Å²) in [6.45, 7) is 86.1. The normalized spacial score (nSPS) is 14.7. The summed E-state index contributed by atoms with van der Waals surface area (Å²) in [7, 11) is 0. The van der Waals surface area contributed by atoms with Crippen LogP contribution in [0.3, 0.4) is 0 Å². The van der Waals surface area contributed by atoms with Crippen molar-refractivity contribution in [2.45, 2.75) is 295 Å². The molecule has 43 heteroatoms. The van der Waals surface area contributed by atoms with Crippen LogP contribution in [0.4, 0.5) is 53.5 Å². The highest BCUT2D eigenvalue weighted by Gasteiger charge is 2.31. The summed E-state index contributed by atoms with van der Waals surface area (Å²) >= 11 is 0. The Hall–Kier alpha value is -12.7. The van der Waals surface area contributed by atoms with Gasteiger partial charge in [-0.2, -0.15) is 89.7 Å². The van der Waals surface area contributed by atoms with Crippen molar-refractivity contribution in [3.63, 3.8) is 0 Å². The van der Waals surface area contributed by atoms with Gasteiger partial charge in [0.15, 0.2) is 0 Å². The molecular formula is C97H153N43. The third kappa shape index (κ3) is 32.7. The topological polar surface area (TPSA) is 467 Å². The van der Waals surface area contributed by atoms with E-state index in [9.17, 15) is 0 Å². The van der Waals surface area contributed by atoms with Crippen LogP contribution in [-0.2, 0) is 0 Å². The number of hydrogen-bond donors (Lipinski definition) is 1. The zero-order chi connectivity index (χ0) is 102. The quantitative estimate of drug-likeness (QED) is 0.0785. The van der Waals surface area contributed by atoms with Crippen LogP contribution in [-0.4, -0.2) is 295 Å². The molecule has 11 aromatic heterocycles. The first-order valence-corrected chi connectivity index (χ1v) is 49.6. The fraction of sp³-hybridized carbons (Fsp3) is 0.660. The first kappa shape index (κ1) is 109. The van der Waals surface area contributed by atoms with Crippen LogP contribution in [0.5, 0.6) is 0 Å². The van der Waals surface area contributed by atoms with Gasteiger partial charge < -0.3 is 49.4 Å². The molecule has 11 aromatic rings. The minimum Gasteiger partial charge on any atom is -0.338 e. The summed E-state index contributed by atoms with van der Waals surface area (Å²) in [6, 6.07) is 0. The molecule has 0 unspecified atom stereocenters. The Morgan fingerprint density at radius 3 is 0.329 bits per heavy atom. The minimum atomic E-state index is 0.284. The van der Waals surface area contributed by atoms with Gasteiger partial charge in [0, 0.05) is 190 Å². The van der Waals surface area contributed by atoms with E-state index in [1.165, 1.54) is 0 Å². The average Bonchev–Trinajstić information content (AvgIpc) is 0.819. The Kier molecular flexibility index (Phi) is 39.7. The number of aromatic nitrogens is 33. The Bertz CT molecular complexity index is 4900.